The molecule has 0 unspecified atom stereocenters. The second kappa shape index (κ2) is 3.18. The number of carbonyl (C=O) groups excluding carboxylic acids is 1. The van der Waals surface area contributed by atoms with Gasteiger partial charge < -0.3 is 4.42 Å². The van der Waals surface area contributed by atoms with E-state index >= 15 is 0 Å². The second-order valence-corrected chi connectivity index (χ2v) is 2.43. The van der Waals surface area contributed by atoms with Gasteiger partial charge in [0.05, 0.1) is 0 Å². The minimum Gasteiger partial charge on any atom is -0.443 e. The lowest BCUT2D eigenvalue weighted by atomic mass is 10.2. The molecule has 4 nitrogen and oxygen atoms in total. The number of oxazole rings is 1. The molecule has 0 fully saturated rings. The molecule has 2 heterocycles. The van der Waals surface area contributed by atoms with Crippen molar-refractivity contribution in [3.8, 4) is 11.3 Å². The van der Waals surface area contributed by atoms with Crippen molar-refractivity contribution in [1.29, 1.82) is 0 Å². The van der Waals surface area contributed by atoms with Gasteiger partial charge >= 0.3 is 0 Å². The maximum atomic E-state index is 10.5. The number of aldehydes is 1. The van der Waals surface area contributed by atoms with Crippen LogP contribution in [0.2, 0.25) is 0 Å². The third kappa shape index (κ3) is 1.33. The summed E-state index contributed by atoms with van der Waals surface area (Å²) in [6.07, 6.45) is 5.17. The van der Waals surface area contributed by atoms with Gasteiger partial charge in [-0.3, -0.25) is 9.78 Å². The van der Waals surface area contributed by atoms with E-state index in [2.05, 4.69) is 9.97 Å². The standard InChI is InChI=1S/C9H6N2O2/c12-5-8-9(13-6-11-8)7-2-1-3-10-4-7/h1-6H. The zero-order chi connectivity index (χ0) is 9.10. The Hall–Kier alpha value is -1.97. The average molecular weight is 174 g/mol. The third-order valence-corrected chi connectivity index (χ3v) is 1.63. The molecule has 0 N–H and O–H groups in total. The molecule has 0 spiro atoms. The second-order valence-electron chi connectivity index (χ2n) is 2.43. The molecule has 13 heavy (non-hydrogen) atoms. The van der Waals surface area contributed by atoms with Crippen molar-refractivity contribution in [3.05, 3.63) is 36.6 Å². The van der Waals surface area contributed by atoms with E-state index in [0.29, 0.717) is 17.7 Å². The molecule has 0 aromatic carbocycles. The van der Waals surface area contributed by atoms with E-state index in [-0.39, 0.29) is 0 Å². The van der Waals surface area contributed by atoms with E-state index in [1.165, 1.54) is 6.39 Å². The highest BCUT2D eigenvalue weighted by molar-refractivity contribution is 5.81. The first-order chi connectivity index (χ1) is 6.42. The lowest BCUT2D eigenvalue weighted by molar-refractivity contribution is 0.112. The quantitative estimate of drug-likeness (QED) is 0.648. The molecule has 0 aliphatic rings. The Morgan fingerprint density at radius 3 is 3.08 bits per heavy atom. The van der Waals surface area contributed by atoms with Gasteiger partial charge in [0.2, 0.25) is 0 Å². The fourth-order valence-electron chi connectivity index (χ4n) is 1.05. The van der Waals surface area contributed by atoms with Crippen LogP contribution in [0.15, 0.2) is 35.3 Å². The topological polar surface area (TPSA) is 56.0 Å². The van der Waals surface area contributed by atoms with Crippen LogP contribution < -0.4 is 0 Å². The van der Waals surface area contributed by atoms with Crippen LogP contribution in [-0.2, 0) is 0 Å². The number of hydrogen-bond acceptors (Lipinski definition) is 4. The van der Waals surface area contributed by atoms with Crippen LogP contribution in [0.3, 0.4) is 0 Å². The molecule has 0 aliphatic carbocycles. The molecule has 0 saturated carbocycles. The summed E-state index contributed by atoms with van der Waals surface area (Å²) in [6.45, 7) is 0. The van der Waals surface area contributed by atoms with Gasteiger partial charge in [-0.2, -0.15) is 0 Å². The van der Waals surface area contributed by atoms with Crippen molar-refractivity contribution in [2.24, 2.45) is 0 Å². The van der Waals surface area contributed by atoms with E-state index in [4.69, 9.17) is 4.42 Å². The molecule has 2 rings (SSSR count). The molecular formula is C9H6N2O2. The molecule has 0 radical (unpaired) electrons. The number of pyridine rings is 1. The fourth-order valence-corrected chi connectivity index (χ4v) is 1.05. The van der Waals surface area contributed by atoms with Crippen LogP contribution in [0, 0.1) is 0 Å². The molecule has 0 amide bonds. The summed E-state index contributed by atoms with van der Waals surface area (Å²) in [4.78, 5) is 18.2. The summed E-state index contributed by atoms with van der Waals surface area (Å²) in [5, 5.41) is 0. The lowest BCUT2D eigenvalue weighted by Gasteiger charge is -1.93. The maximum Gasteiger partial charge on any atom is 0.182 e. The minimum absolute atomic E-state index is 0.299. The van der Waals surface area contributed by atoms with E-state index in [1.807, 2.05) is 0 Å². The van der Waals surface area contributed by atoms with Crippen LogP contribution in [0.5, 0.6) is 0 Å². The Morgan fingerprint density at radius 1 is 1.46 bits per heavy atom. The first kappa shape index (κ1) is 7.67. The molecule has 2 aromatic rings. The Morgan fingerprint density at radius 2 is 2.38 bits per heavy atom. The largest absolute Gasteiger partial charge is 0.443 e. The van der Waals surface area contributed by atoms with Gasteiger partial charge in [0.1, 0.15) is 5.69 Å². The van der Waals surface area contributed by atoms with Crippen molar-refractivity contribution in [2.45, 2.75) is 0 Å². The highest BCUT2D eigenvalue weighted by Gasteiger charge is 2.08. The predicted octanol–water partition coefficient (Wildman–Crippen LogP) is 1.55. The molecule has 0 atom stereocenters. The Kier molecular flexibility index (Phi) is 1.88. The molecule has 2 aromatic heterocycles. The highest BCUT2D eigenvalue weighted by atomic mass is 16.3. The lowest BCUT2D eigenvalue weighted by Crippen LogP contribution is -1.84. The monoisotopic (exact) mass is 174 g/mol. The molecule has 0 aliphatic heterocycles. The van der Waals surface area contributed by atoms with E-state index in [1.54, 1.807) is 24.5 Å². The maximum absolute atomic E-state index is 10.5. The normalized spacial score (nSPS) is 9.85. The van der Waals surface area contributed by atoms with Crippen molar-refractivity contribution in [2.75, 3.05) is 0 Å². The number of rotatable bonds is 2. The SMILES string of the molecule is O=Cc1ncoc1-c1cccnc1. The summed E-state index contributed by atoms with van der Waals surface area (Å²) < 4.78 is 5.06. The first-order valence-corrected chi connectivity index (χ1v) is 3.71. The van der Waals surface area contributed by atoms with Crippen LogP contribution >= 0.6 is 0 Å². The van der Waals surface area contributed by atoms with Gasteiger partial charge in [-0.15, -0.1) is 0 Å². The number of aromatic nitrogens is 2. The smallest absolute Gasteiger partial charge is 0.182 e. The average Bonchev–Trinajstić information content (AvgIpc) is 2.67. The van der Waals surface area contributed by atoms with Crippen molar-refractivity contribution < 1.29 is 9.21 Å². The molecular weight excluding hydrogens is 168 g/mol. The highest BCUT2D eigenvalue weighted by Crippen LogP contribution is 2.20. The molecule has 4 heteroatoms. The van der Waals surface area contributed by atoms with Gasteiger partial charge in [0.25, 0.3) is 0 Å². The Labute approximate surface area is 74.2 Å². The zero-order valence-corrected chi connectivity index (χ0v) is 6.68. The van der Waals surface area contributed by atoms with Gasteiger partial charge in [0, 0.05) is 18.0 Å². The van der Waals surface area contributed by atoms with Gasteiger partial charge in [-0.25, -0.2) is 4.98 Å². The van der Waals surface area contributed by atoms with Gasteiger partial charge in [-0.1, -0.05) is 0 Å². The van der Waals surface area contributed by atoms with E-state index in [9.17, 15) is 4.79 Å². The zero-order valence-electron chi connectivity index (χ0n) is 6.68. The van der Waals surface area contributed by atoms with E-state index < -0.39 is 0 Å². The number of carbonyl (C=O) groups is 1. The molecule has 0 bridgehead atoms. The number of nitrogens with zero attached hydrogens (tertiary/aromatic N) is 2. The van der Waals surface area contributed by atoms with Crippen LogP contribution in [0.4, 0.5) is 0 Å². The summed E-state index contributed by atoms with van der Waals surface area (Å²) in [5.41, 5.74) is 1.05. The van der Waals surface area contributed by atoms with Crippen LogP contribution in [0.1, 0.15) is 10.5 Å². The molecule has 0 saturated heterocycles. The predicted molar refractivity (Wildman–Crippen MR) is 45.1 cm³/mol. The molecule has 64 valence electrons. The van der Waals surface area contributed by atoms with Crippen LogP contribution in [-0.4, -0.2) is 16.3 Å². The Bertz CT molecular complexity index is 409. The van der Waals surface area contributed by atoms with Gasteiger partial charge in [0.15, 0.2) is 18.4 Å². The Balaban J connectivity index is 2.52. The minimum atomic E-state index is 0.299. The van der Waals surface area contributed by atoms with Gasteiger partial charge in [-0.05, 0) is 12.1 Å². The third-order valence-electron chi connectivity index (χ3n) is 1.63. The summed E-state index contributed by atoms with van der Waals surface area (Å²) in [7, 11) is 0. The van der Waals surface area contributed by atoms with Crippen LogP contribution in [0.25, 0.3) is 11.3 Å². The van der Waals surface area contributed by atoms with Crippen molar-refractivity contribution in [1.82, 2.24) is 9.97 Å². The van der Waals surface area contributed by atoms with Crippen molar-refractivity contribution >= 4 is 6.29 Å². The summed E-state index contributed by atoms with van der Waals surface area (Å²) in [6, 6.07) is 3.58. The number of hydrogen-bond donors (Lipinski definition) is 0. The van der Waals surface area contributed by atoms with Crippen molar-refractivity contribution in [3.63, 3.8) is 0 Å². The first-order valence-electron chi connectivity index (χ1n) is 3.71. The van der Waals surface area contributed by atoms with E-state index in [0.717, 1.165) is 5.56 Å². The summed E-state index contributed by atoms with van der Waals surface area (Å²) in [5.74, 6) is 0.461. The summed E-state index contributed by atoms with van der Waals surface area (Å²) >= 11 is 0. The fraction of sp³-hybridized carbons (Fsp3) is 0.